The predicted octanol–water partition coefficient (Wildman–Crippen LogP) is -23.2. The average molecular weight is 2010 g/mol. The van der Waals surface area contributed by atoms with Crippen LogP contribution in [-0.4, -0.2) is 605 Å². The number of primary amides is 1. The quantitative estimate of drug-likeness (QED) is 0.0252. The highest BCUT2D eigenvalue weighted by molar-refractivity contribution is 5.76. The van der Waals surface area contributed by atoms with E-state index in [0.29, 0.717) is 0 Å². The molecule has 137 heavy (non-hydrogen) atoms. The van der Waals surface area contributed by atoms with Gasteiger partial charge in [-0.1, -0.05) is 0 Å². The summed E-state index contributed by atoms with van der Waals surface area (Å²) in [4.78, 5) is 52.4. The fourth-order valence-electron chi connectivity index (χ4n) is 15.6. The number of aliphatic hydroxyl groups is 30. The van der Waals surface area contributed by atoms with Crippen molar-refractivity contribution in [1.29, 1.82) is 0 Å². The van der Waals surface area contributed by atoms with Gasteiger partial charge in [-0.3, -0.25) is 19.2 Å². The minimum Gasteiger partial charge on any atom is -0.394 e. The molecule has 45 atom stereocenters. The Bertz CT molecular complexity index is 3170. The van der Waals surface area contributed by atoms with Crippen molar-refractivity contribution in [3.63, 3.8) is 0 Å². The zero-order chi connectivity index (χ0) is 101. The number of ether oxygens (including phenoxy) is 22. The third kappa shape index (κ3) is 31.0. The number of nitrogens with one attached hydrogen (secondary N) is 3. The van der Waals surface area contributed by atoms with E-state index < -0.39 is 450 Å². The molecule has 0 spiro atoms. The van der Waals surface area contributed by atoms with Crippen molar-refractivity contribution in [3.8, 4) is 0 Å². The van der Waals surface area contributed by atoms with E-state index in [1.807, 2.05) is 0 Å². The van der Waals surface area contributed by atoms with Crippen LogP contribution < -0.4 is 21.7 Å². The van der Waals surface area contributed by atoms with Gasteiger partial charge in [-0.05, 0) is 0 Å². The van der Waals surface area contributed by atoms with Crippen LogP contribution in [0, 0.1) is 5.41 Å². The molecule has 0 radical (unpaired) electrons. The Morgan fingerprint density at radius 3 is 0.650 bits per heavy atom. The van der Waals surface area contributed by atoms with Crippen LogP contribution in [0.1, 0.15) is 25.7 Å². The van der Waals surface area contributed by atoms with Crippen LogP contribution in [0.25, 0.3) is 0 Å². The van der Waals surface area contributed by atoms with Crippen LogP contribution in [0.5, 0.6) is 0 Å². The van der Waals surface area contributed by atoms with E-state index in [1.54, 1.807) is 0 Å². The number of rotatable bonds is 53. The maximum atomic E-state index is 13.5. The number of carbonyl (C=O) groups excluding carboxylic acids is 4. The summed E-state index contributed by atoms with van der Waals surface area (Å²) in [6, 6.07) is 0. The van der Waals surface area contributed by atoms with Gasteiger partial charge in [0.1, 0.15) is 220 Å². The van der Waals surface area contributed by atoms with Crippen molar-refractivity contribution in [3.05, 3.63) is 0 Å². The summed E-state index contributed by atoms with van der Waals surface area (Å²) >= 11 is 0. The molecule has 9 fully saturated rings. The van der Waals surface area contributed by atoms with Crippen LogP contribution in [0.3, 0.4) is 0 Å². The molecule has 9 heterocycles. The fraction of sp³-hybridized carbons (Fsp3) is 0.948. The van der Waals surface area contributed by atoms with Gasteiger partial charge in [-0.15, -0.1) is 0 Å². The third-order valence-electron chi connectivity index (χ3n) is 23.8. The maximum Gasteiger partial charge on any atom is 0.222 e. The largest absolute Gasteiger partial charge is 0.394 e. The predicted molar refractivity (Wildman–Crippen MR) is 427 cm³/mol. The minimum absolute atomic E-state index is 0.305. The molecule has 0 aromatic heterocycles. The van der Waals surface area contributed by atoms with Gasteiger partial charge in [0.25, 0.3) is 0 Å². The first-order valence-electron chi connectivity index (χ1n) is 44.1. The molecule has 0 aliphatic carbocycles. The highest BCUT2D eigenvalue weighted by atomic mass is 16.8. The topological polar surface area (TPSA) is 940 Å². The number of hydrogen-bond acceptors (Lipinski definition) is 56. The number of amides is 4. The Balaban J connectivity index is 0.834. The molecule has 798 valence electrons. The summed E-state index contributed by atoms with van der Waals surface area (Å²) in [7, 11) is 0. The second kappa shape index (κ2) is 55.9. The van der Waals surface area contributed by atoms with E-state index >= 15 is 0 Å². The number of carbonyl (C=O) groups is 4. The second-order valence-electron chi connectivity index (χ2n) is 33.9. The molecule has 60 heteroatoms. The third-order valence-corrected chi connectivity index (χ3v) is 23.8. The molecule has 0 aromatic rings. The molecule has 9 saturated heterocycles. The van der Waals surface area contributed by atoms with E-state index in [1.165, 1.54) is 0 Å². The van der Waals surface area contributed by atoms with Crippen molar-refractivity contribution < 1.29 is 277 Å². The van der Waals surface area contributed by atoms with Gasteiger partial charge in [-0.25, -0.2) is 0 Å². The van der Waals surface area contributed by atoms with Crippen LogP contribution in [-0.2, 0) is 123 Å². The number of nitrogens with two attached hydrogens (primary N) is 1. The maximum absolute atomic E-state index is 13.5. The molecule has 0 aromatic carbocycles. The normalized spacial score (nSPS) is 42.3. The molecular formula is C77H134N4O56. The van der Waals surface area contributed by atoms with Crippen molar-refractivity contribution in [2.45, 2.75) is 302 Å². The summed E-state index contributed by atoms with van der Waals surface area (Å²) in [6.45, 7) is -13.5. The molecule has 9 aliphatic rings. The standard InChI is InChI=1S/C77H134N4O56/c78-37(88)1-8-116-24-77(25-117-9-2-38(89)79-5-12-120-71-62(113)65(135-74-59(110)53(104)44(95)31(18-85)129-74)47(98)34(132-71)21-123-68-56(107)50(101)41(92)28(15-82)126-68,26-118-10-3-39(90)80-6-13-121-72-63(114)66(136-75-60(111)54(105)45(96)32(19-86)130-75)48(99)35(133-72)22-124-69-57(108)51(102)42(93)29(16-83)127-69)27-119-11-4-40(91)81-7-14-122-73-64(115)67(137-76-61(112)55(106)46(97)33(20-87)131-76)49(100)36(134-73)23-125-70-58(109)52(103)43(94)30(17-84)128-70/h28-36,41-76,82-87,92-115H,1-27H2,(H2,78,88)(H,79,89)(H,80,90)(H,81,91)/t28-,29-,30-,31-,32-,33-,34-,35-,36-,41-,42-,43-,44-,45-,46-,47-,48-,49-,50+,51+,52+,53+,54+,55+,56+,57+,58+,59+,60+,61+,62+,63+,64+,65+,66+,67+,68+,69+,70+,71+,72+,73+,74-,75-,76-/m1/s1. The Hall–Kier alpha value is -4.20. The fourth-order valence-corrected chi connectivity index (χ4v) is 15.6. The first-order valence-corrected chi connectivity index (χ1v) is 44.1. The Labute approximate surface area is 778 Å². The zero-order valence-corrected chi connectivity index (χ0v) is 73.7. The van der Waals surface area contributed by atoms with Crippen LogP contribution in [0.15, 0.2) is 0 Å². The highest BCUT2D eigenvalue weighted by Crippen LogP contribution is 2.37. The second-order valence-corrected chi connectivity index (χ2v) is 33.9. The molecule has 60 nitrogen and oxygen atoms in total. The van der Waals surface area contributed by atoms with E-state index in [2.05, 4.69) is 16.0 Å². The van der Waals surface area contributed by atoms with E-state index in [0.717, 1.165) is 0 Å². The van der Waals surface area contributed by atoms with Crippen LogP contribution >= 0.6 is 0 Å². The van der Waals surface area contributed by atoms with Crippen LogP contribution in [0.2, 0.25) is 0 Å². The lowest BCUT2D eigenvalue weighted by atomic mass is 9.92. The monoisotopic (exact) mass is 2010 g/mol. The smallest absolute Gasteiger partial charge is 0.222 e. The van der Waals surface area contributed by atoms with Gasteiger partial charge in [0, 0.05) is 45.3 Å². The lowest BCUT2D eigenvalue weighted by molar-refractivity contribution is -0.366. The first kappa shape index (κ1) is 116. The van der Waals surface area contributed by atoms with Gasteiger partial charge in [0.05, 0.1) is 138 Å². The average Bonchev–Trinajstić information content (AvgIpc) is 0.786. The van der Waals surface area contributed by atoms with E-state index in [-0.39, 0.29) is 32.7 Å². The van der Waals surface area contributed by atoms with Gasteiger partial charge in [0.15, 0.2) is 56.6 Å². The minimum atomic E-state index is -2.06. The van der Waals surface area contributed by atoms with Gasteiger partial charge < -0.3 is 279 Å². The molecular weight excluding hydrogens is 1880 g/mol. The molecule has 0 bridgehead atoms. The van der Waals surface area contributed by atoms with E-state index in [9.17, 15) is 172 Å². The van der Waals surface area contributed by atoms with Crippen LogP contribution in [0.4, 0.5) is 0 Å². The summed E-state index contributed by atoms with van der Waals surface area (Å²) in [5.41, 5.74) is 3.92. The van der Waals surface area contributed by atoms with Crippen molar-refractivity contribution in [1.82, 2.24) is 16.0 Å². The van der Waals surface area contributed by atoms with Crippen molar-refractivity contribution in [2.75, 3.05) is 152 Å². The molecule has 0 saturated carbocycles. The number of hydrogen-bond donors (Lipinski definition) is 34. The first-order chi connectivity index (χ1) is 65.2. The molecule has 35 N–H and O–H groups in total. The van der Waals surface area contributed by atoms with Gasteiger partial charge >= 0.3 is 0 Å². The Morgan fingerprint density at radius 2 is 0.431 bits per heavy atom. The summed E-state index contributed by atoms with van der Waals surface area (Å²) in [5.74, 6) is -2.92. The molecule has 0 unspecified atom stereocenters. The molecule has 9 aliphatic heterocycles. The zero-order valence-electron chi connectivity index (χ0n) is 73.7. The number of aliphatic hydroxyl groups excluding tert-OH is 30. The highest BCUT2D eigenvalue weighted by Gasteiger charge is 2.58. The van der Waals surface area contributed by atoms with E-state index in [4.69, 9.17) is 110 Å². The lowest BCUT2D eigenvalue weighted by Crippen LogP contribution is -2.65. The SMILES string of the molecule is NC(=O)CCOCC(COCCC(=O)NCCO[C@H]1O[C@H](CO[C@H]2O[C@H](CO)[C@@H](O)[C@H](O)[C@@H]2O)[C@@H](O)[C@H](O[C@H]2O[C@H](CO)[C@@H](O)[C@H](O)[C@@H]2O)[C@@H]1O)(COCCC(=O)NCCO[C@H]1O[C@H](CO[C@H]2O[C@H](CO)[C@@H](O)[C@H](O)[C@@H]2O)[C@@H](O)[C@H](O[C@H]2O[C@H](CO)[C@@H](O)[C@H](O)[C@@H]2O)[C@@H]1O)COCCC(=O)NCCO[C@H]1O[C@H](CO[C@H]2O[C@H](CO)[C@@H](O)[C@H](O)[C@@H]2O)[C@@H](O)[C@H](O[C@H]2O[C@H](CO)[C@@H](O)[C@H](O)[C@@H]2O)[C@@H]1O. The van der Waals surface area contributed by atoms with Crippen molar-refractivity contribution in [2.24, 2.45) is 11.1 Å². The summed E-state index contributed by atoms with van der Waals surface area (Å²) in [6.07, 6.45) is -84.7. The molecule has 9 rings (SSSR count). The Morgan fingerprint density at radius 1 is 0.234 bits per heavy atom. The van der Waals surface area contributed by atoms with Gasteiger partial charge in [-0.2, -0.15) is 0 Å². The summed E-state index contributed by atoms with van der Waals surface area (Å²) in [5, 5.41) is 325. The van der Waals surface area contributed by atoms with Gasteiger partial charge in [0.2, 0.25) is 23.6 Å². The molecule has 4 amide bonds. The summed E-state index contributed by atoms with van der Waals surface area (Å²) < 4.78 is 125. The van der Waals surface area contributed by atoms with Crippen molar-refractivity contribution >= 4 is 23.6 Å². The lowest BCUT2D eigenvalue weighted by Gasteiger charge is -2.46. The Kier molecular flexibility index (Phi) is 47.5.